The van der Waals surface area contributed by atoms with E-state index in [4.69, 9.17) is 4.52 Å². The number of nitrogens with zero attached hydrogens (tertiary/aromatic N) is 5. The fraction of sp³-hybridized carbons (Fsp3) is 0.368. The number of rotatable bonds is 3. The van der Waals surface area contributed by atoms with Gasteiger partial charge in [0.2, 0.25) is 0 Å². The molecule has 4 heterocycles. The van der Waals surface area contributed by atoms with Crippen molar-refractivity contribution in [3.8, 4) is 10.6 Å². The minimum atomic E-state index is -0.0822. The van der Waals surface area contributed by atoms with Gasteiger partial charge < -0.3 is 14.3 Å². The lowest BCUT2D eigenvalue weighted by Crippen LogP contribution is -2.49. The number of hydrogen-bond acceptors (Lipinski definition) is 7. The lowest BCUT2D eigenvalue weighted by Gasteiger charge is -2.34. The molecule has 0 unspecified atom stereocenters. The summed E-state index contributed by atoms with van der Waals surface area (Å²) in [5.74, 6) is 1.48. The number of thiophene rings is 1. The topological polar surface area (TPSA) is 75.4 Å². The molecule has 7 nitrogen and oxygen atoms in total. The second kappa shape index (κ2) is 6.77. The van der Waals surface area contributed by atoms with Gasteiger partial charge in [-0.25, -0.2) is 0 Å². The largest absolute Gasteiger partial charge is 0.355 e. The summed E-state index contributed by atoms with van der Waals surface area (Å²) in [7, 11) is 0. The number of hydrogen-bond donors (Lipinski definition) is 0. The van der Waals surface area contributed by atoms with E-state index in [1.54, 1.807) is 17.4 Å². The van der Waals surface area contributed by atoms with Crippen LogP contribution < -0.4 is 4.90 Å². The zero-order valence-corrected chi connectivity index (χ0v) is 15.6. The first-order valence-corrected chi connectivity index (χ1v) is 10.1. The van der Waals surface area contributed by atoms with Gasteiger partial charge >= 0.3 is 0 Å². The van der Waals surface area contributed by atoms with Gasteiger partial charge in [0, 0.05) is 32.2 Å². The van der Waals surface area contributed by atoms with Gasteiger partial charge in [-0.2, -0.15) is 5.10 Å². The second-order valence-corrected chi connectivity index (χ2v) is 7.81. The first kappa shape index (κ1) is 16.4. The molecule has 0 radical (unpaired) electrons. The summed E-state index contributed by atoms with van der Waals surface area (Å²) < 4.78 is 5.34. The minimum absolute atomic E-state index is 0.0822. The predicted molar refractivity (Wildman–Crippen MR) is 102 cm³/mol. The summed E-state index contributed by atoms with van der Waals surface area (Å²) in [5.41, 5.74) is 2.83. The van der Waals surface area contributed by atoms with Crippen LogP contribution in [0.15, 0.2) is 34.2 Å². The number of carbonyl (C=O) groups excluding carboxylic acids is 1. The number of aryl methyl sites for hydroxylation is 2. The van der Waals surface area contributed by atoms with E-state index in [1.807, 2.05) is 22.4 Å². The van der Waals surface area contributed by atoms with Crippen molar-refractivity contribution < 1.29 is 9.32 Å². The summed E-state index contributed by atoms with van der Waals surface area (Å²) in [6.07, 6.45) is 3.30. The molecule has 1 fully saturated rings. The molecule has 1 aliphatic carbocycles. The number of fused-ring (bicyclic) bond motifs is 1. The number of piperazine rings is 1. The molecule has 1 amide bonds. The van der Waals surface area contributed by atoms with Crippen LogP contribution in [0, 0.1) is 0 Å². The maximum absolute atomic E-state index is 12.7. The third-order valence-corrected chi connectivity index (χ3v) is 6.08. The Balaban J connectivity index is 1.24. The van der Waals surface area contributed by atoms with Crippen molar-refractivity contribution in [2.45, 2.75) is 19.3 Å². The fourth-order valence-corrected chi connectivity index (χ4v) is 4.36. The van der Waals surface area contributed by atoms with Gasteiger partial charge in [0.25, 0.3) is 5.91 Å². The van der Waals surface area contributed by atoms with Gasteiger partial charge in [0.1, 0.15) is 0 Å². The third-order valence-electron chi connectivity index (χ3n) is 5.19. The van der Waals surface area contributed by atoms with Crippen LogP contribution in [0.5, 0.6) is 0 Å². The van der Waals surface area contributed by atoms with Gasteiger partial charge in [0.05, 0.1) is 10.6 Å². The normalized spacial score (nSPS) is 16.6. The van der Waals surface area contributed by atoms with E-state index in [9.17, 15) is 4.79 Å². The number of carbonyl (C=O) groups is 1. The van der Waals surface area contributed by atoms with Crippen LogP contribution in [0.2, 0.25) is 0 Å². The van der Waals surface area contributed by atoms with E-state index in [0.29, 0.717) is 24.5 Å². The first-order valence-electron chi connectivity index (χ1n) is 9.18. The highest BCUT2D eigenvalue weighted by Gasteiger charge is 2.26. The lowest BCUT2D eigenvalue weighted by atomic mass is 10.2. The Morgan fingerprint density at radius 3 is 2.81 bits per heavy atom. The van der Waals surface area contributed by atoms with E-state index in [0.717, 1.165) is 42.3 Å². The molecule has 1 aliphatic heterocycles. The highest BCUT2D eigenvalue weighted by molar-refractivity contribution is 7.13. The van der Waals surface area contributed by atoms with E-state index >= 15 is 0 Å². The third kappa shape index (κ3) is 3.10. The molecular weight excluding hydrogens is 362 g/mol. The van der Waals surface area contributed by atoms with E-state index in [-0.39, 0.29) is 5.91 Å². The van der Waals surface area contributed by atoms with Gasteiger partial charge in [-0.1, -0.05) is 11.2 Å². The molecule has 8 heteroatoms. The zero-order chi connectivity index (χ0) is 18.2. The molecule has 3 aromatic rings. The molecule has 5 rings (SSSR count). The van der Waals surface area contributed by atoms with E-state index < -0.39 is 0 Å². The predicted octanol–water partition coefficient (Wildman–Crippen LogP) is 2.64. The Kier molecular flexibility index (Phi) is 4.12. The highest BCUT2D eigenvalue weighted by atomic mass is 32.1. The number of amides is 1. The highest BCUT2D eigenvalue weighted by Crippen LogP contribution is 2.26. The fourth-order valence-electron chi connectivity index (χ4n) is 3.68. The van der Waals surface area contributed by atoms with Crippen molar-refractivity contribution >= 4 is 23.1 Å². The van der Waals surface area contributed by atoms with Crippen LogP contribution in [0.3, 0.4) is 0 Å². The summed E-state index contributed by atoms with van der Waals surface area (Å²) in [4.78, 5) is 17.7. The van der Waals surface area contributed by atoms with Crippen molar-refractivity contribution in [2.24, 2.45) is 0 Å². The average molecular weight is 381 g/mol. The summed E-state index contributed by atoms with van der Waals surface area (Å²) in [6, 6.07) is 7.80. The van der Waals surface area contributed by atoms with E-state index in [1.165, 1.54) is 12.0 Å². The quantitative estimate of drug-likeness (QED) is 0.694. The molecule has 0 N–H and O–H groups in total. The van der Waals surface area contributed by atoms with Gasteiger partial charge in [-0.15, -0.1) is 16.4 Å². The lowest BCUT2D eigenvalue weighted by molar-refractivity contribution is 0.0736. The number of aromatic nitrogens is 3. The Labute approximate surface area is 160 Å². The average Bonchev–Trinajstić information content (AvgIpc) is 3.48. The molecule has 27 heavy (non-hydrogen) atoms. The van der Waals surface area contributed by atoms with Gasteiger partial charge in [-0.3, -0.25) is 4.79 Å². The summed E-state index contributed by atoms with van der Waals surface area (Å²) in [6.45, 7) is 2.77. The van der Waals surface area contributed by atoms with Crippen molar-refractivity contribution in [3.05, 3.63) is 46.6 Å². The van der Waals surface area contributed by atoms with Crippen LogP contribution in [0.25, 0.3) is 10.6 Å². The van der Waals surface area contributed by atoms with Crippen LogP contribution in [-0.2, 0) is 12.8 Å². The molecule has 0 atom stereocenters. The minimum Gasteiger partial charge on any atom is -0.355 e. The van der Waals surface area contributed by atoms with Crippen molar-refractivity contribution in [2.75, 3.05) is 31.1 Å². The van der Waals surface area contributed by atoms with Crippen molar-refractivity contribution in [1.82, 2.24) is 20.3 Å². The summed E-state index contributed by atoms with van der Waals surface area (Å²) >= 11 is 1.56. The molecule has 2 aliphatic rings. The monoisotopic (exact) mass is 381 g/mol. The molecule has 0 saturated carbocycles. The Hall–Kier alpha value is -2.74. The van der Waals surface area contributed by atoms with Gasteiger partial charge in [0.15, 0.2) is 17.3 Å². The maximum atomic E-state index is 12.7. The number of anilines is 1. The Morgan fingerprint density at radius 2 is 2.00 bits per heavy atom. The zero-order valence-electron chi connectivity index (χ0n) is 14.8. The molecule has 138 valence electrons. The van der Waals surface area contributed by atoms with Gasteiger partial charge in [-0.05, 0) is 42.3 Å². The smallest absolute Gasteiger partial charge is 0.276 e. The van der Waals surface area contributed by atoms with Crippen LogP contribution in [0.1, 0.15) is 28.2 Å². The van der Waals surface area contributed by atoms with Crippen molar-refractivity contribution in [3.63, 3.8) is 0 Å². The molecule has 3 aromatic heterocycles. The maximum Gasteiger partial charge on any atom is 0.276 e. The van der Waals surface area contributed by atoms with Crippen LogP contribution >= 0.6 is 11.3 Å². The van der Waals surface area contributed by atoms with Crippen LogP contribution in [0.4, 0.5) is 5.82 Å². The molecule has 0 bridgehead atoms. The SMILES string of the molecule is O=C(c1cc(-c2cccs2)on1)N1CCN(c2cc3c(nn2)CCC3)CC1. The second-order valence-electron chi connectivity index (χ2n) is 6.86. The molecule has 0 aromatic carbocycles. The molecular formula is C19H19N5O2S. The molecule has 1 saturated heterocycles. The Bertz CT molecular complexity index is 960. The Morgan fingerprint density at radius 1 is 1.11 bits per heavy atom. The van der Waals surface area contributed by atoms with E-state index in [2.05, 4.69) is 26.3 Å². The standard InChI is InChI=1S/C19H19N5O2S/c25-19(15-12-16(26-22-15)17-5-2-10-27-17)24-8-6-23(7-9-24)18-11-13-3-1-4-14(13)20-21-18/h2,5,10-12H,1,3-4,6-9H2. The van der Waals surface area contributed by atoms with Crippen LogP contribution in [-0.4, -0.2) is 52.3 Å². The molecule has 0 spiro atoms. The first-order chi connectivity index (χ1) is 13.3. The van der Waals surface area contributed by atoms with Crippen molar-refractivity contribution in [1.29, 1.82) is 0 Å². The summed E-state index contributed by atoms with van der Waals surface area (Å²) in [5, 5.41) is 14.7.